The van der Waals surface area contributed by atoms with Gasteiger partial charge in [0, 0.05) is 18.9 Å². The molecule has 20 heavy (non-hydrogen) atoms. The standard InChI is InChI=1S/C17H23NO2/c19-16(20)17(18-15-9-3-1-2-4-10-15)11-13-7-5-6-8-14(13)12-17/h5-8,15,18H,1-4,9-12H2,(H,19,20). The molecule has 0 heterocycles. The van der Waals surface area contributed by atoms with E-state index < -0.39 is 11.5 Å². The van der Waals surface area contributed by atoms with Crippen LogP contribution in [0.5, 0.6) is 0 Å². The first-order valence-corrected chi connectivity index (χ1v) is 7.77. The molecule has 0 aliphatic heterocycles. The number of nitrogens with one attached hydrogen (secondary N) is 1. The van der Waals surface area contributed by atoms with Crippen LogP contribution in [0.2, 0.25) is 0 Å². The Balaban J connectivity index is 1.78. The normalized spacial score (nSPS) is 22.2. The van der Waals surface area contributed by atoms with Crippen molar-refractivity contribution in [3.05, 3.63) is 35.4 Å². The van der Waals surface area contributed by atoms with Gasteiger partial charge in [-0.05, 0) is 24.0 Å². The Morgan fingerprint density at radius 2 is 1.60 bits per heavy atom. The number of rotatable bonds is 3. The maximum absolute atomic E-state index is 11.9. The Morgan fingerprint density at radius 3 is 2.10 bits per heavy atom. The second-order valence-electron chi connectivity index (χ2n) is 6.34. The predicted octanol–water partition coefficient (Wildman–Crippen LogP) is 2.92. The second kappa shape index (κ2) is 5.57. The molecule has 0 atom stereocenters. The van der Waals surface area contributed by atoms with Gasteiger partial charge in [-0.15, -0.1) is 0 Å². The zero-order valence-electron chi connectivity index (χ0n) is 11.9. The molecular formula is C17H23NO2. The summed E-state index contributed by atoms with van der Waals surface area (Å²) in [6.07, 6.45) is 8.50. The minimum Gasteiger partial charge on any atom is -0.480 e. The van der Waals surface area contributed by atoms with Crippen LogP contribution in [0.15, 0.2) is 24.3 Å². The molecule has 0 aromatic heterocycles. The van der Waals surface area contributed by atoms with Gasteiger partial charge in [0.05, 0.1) is 0 Å². The van der Waals surface area contributed by atoms with Crippen molar-refractivity contribution in [2.24, 2.45) is 0 Å². The third kappa shape index (κ3) is 2.59. The molecule has 1 aromatic carbocycles. The van der Waals surface area contributed by atoms with Crippen LogP contribution in [0.4, 0.5) is 0 Å². The minimum atomic E-state index is -0.779. The van der Waals surface area contributed by atoms with Crippen LogP contribution in [0.1, 0.15) is 49.7 Å². The summed E-state index contributed by atoms with van der Waals surface area (Å²) in [7, 11) is 0. The summed E-state index contributed by atoms with van der Waals surface area (Å²) >= 11 is 0. The number of benzene rings is 1. The molecule has 108 valence electrons. The highest BCUT2D eigenvalue weighted by Crippen LogP contribution is 2.32. The molecule has 2 aliphatic carbocycles. The van der Waals surface area contributed by atoms with Crippen LogP contribution in [-0.4, -0.2) is 22.7 Å². The number of fused-ring (bicyclic) bond motifs is 1. The molecule has 0 bridgehead atoms. The maximum Gasteiger partial charge on any atom is 0.324 e. The van der Waals surface area contributed by atoms with Gasteiger partial charge in [0.2, 0.25) is 0 Å². The van der Waals surface area contributed by atoms with E-state index in [1.807, 2.05) is 12.1 Å². The zero-order valence-corrected chi connectivity index (χ0v) is 11.9. The van der Waals surface area contributed by atoms with Gasteiger partial charge in [0.1, 0.15) is 5.54 Å². The van der Waals surface area contributed by atoms with Gasteiger partial charge in [0.15, 0.2) is 0 Å². The Morgan fingerprint density at radius 1 is 1.05 bits per heavy atom. The molecule has 2 N–H and O–H groups in total. The van der Waals surface area contributed by atoms with Gasteiger partial charge in [-0.2, -0.15) is 0 Å². The largest absolute Gasteiger partial charge is 0.480 e. The van der Waals surface area contributed by atoms with E-state index in [1.54, 1.807) is 0 Å². The van der Waals surface area contributed by atoms with Crippen LogP contribution >= 0.6 is 0 Å². The predicted molar refractivity (Wildman–Crippen MR) is 78.8 cm³/mol. The third-order valence-electron chi connectivity index (χ3n) is 4.85. The third-order valence-corrected chi connectivity index (χ3v) is 4.85. The molecular weight excluding hydrogens is 250 g/mol. The summed E-state index contributed by atoms with van der Waals surface area (Å²) in [6, 6.07) is 8.50. The first kappa shape index (κ1) is 13.6. The lowest BCUT2D eigenvalue weighted by atomic mass is 9.93. The van der Waals surface area contributed by atoms with Crippen LogP contribution in [0, 0.1) is 0 Å². The van der Waals surface area contributed by atoms with Crippen molar-refractivity contribution in [1.29, 1.82) is 0 Å². The van der Waals surface area contributed by atoms with Crippen molar-refractivity contribution >= 4 is 5.97 Å². The van der Waals surface area contributed by atoms with Gasteiger partial charge in [-0.3, -0.25) is 10.1 Å². The molecule has 0 radical (unpaired) electrons. The van der Waals surface area contributed by atoms with E-state index >= 15 is 0 Å². The van der Waals surface area contributed by atoms with Crippen molar-refractivity contribution in [2.75, 3.05) is 0 Å². The molecule has 3 nitrogen and oxygen atoms in total. The number of carboxylic acids is 1. The van der Waals surface area contributed by atoms with Crippen molar-refractivity contribution in [3.63, 3.8) is 0 Å². The summed E-state index contributed by atoms with van der Waals surface area (Å²) in [6.45, 7) is 0. The van der Waals surface area contributed by atoms with E-state index in [9.17, 15) is 9.90 Å². The van der Waals surface area contributed by atoms with E-state index in [4.69, 9.17) is 0 Å². The van der Waals surface area contributed by atoms with Crippen molar-refractivity contribution < 1.29 is 9.90 Å². The van der Waals surface area contributed by atoms with Gasteiger partial charge < -0.3 is 5.11 Å². The highest BCUT2D eigenvalue weighted by atomic mass is 16.4. The molecule has 0 amide bonds. The highest BCUT2D eigenvalue weighted by Gasteiger charge is 2.45. The number of carboxylic acid groups (broad SMARTS) is 1. The zero-order chi connectivity index (χ0) is 14.0. The average Bonchev–Trinajstić information content (AvgIpc) is 2.62. The average molecular weight is 273 g/mol. The van der Waals surface area contributed by atoms with E-state index in [0.29, 0.717) is 18.9 Å². The monoisotopic (exact) mass is 273 g/mol. The smallest absolute Gasteiger partial charge is 0.324 e. The van der Waals surface area contributed by atoms with Crippen LogP contribution in [-0.2, 0) is 17.6 Å². The Hall–Kier alpha value is -1.35. The summed E-state index contributed by atoms with van der Waals surface area (Å²) in [5.74, 6) is -0.696. The Bertz CT molecular complexity index is 465. The SMILES string of the molecule is O=C(O)C1(NC2CCCCCC2)Cc2ccccc2C1. The fraction of sp³-hybridized carbons (Fsp3) is 0.588. The molecule has 0 spiro atoms. The van der Waals surface area contributed by atoms with Crippen molar-refractivity contribution in [1.82, 2.24) is 5.32 Å². The second-order valence-corrected chi connectivity index (χ2v) is 6.34. The van der Waals surface area contributed by atoms with E-state index in [1.165, 1.54) is 36.8 Å². The van der Waals surface area contributed by atoms with E-state index in [-0.39, 0.29) is 0 Å². The van der Waals surface area contributed by atoms with Crippen LogP contribution in [0.3, 0.4) is 0 Å². The fourth-order valence-corrected chi connectivity index (χ4v) is 3.74. The number of hydrogen-bond donors (Lipinski definition) is 2. The Kier molecular flexibility index (Phi) is 3.79. The lowest BCUT2D eigenvalue weighted by Crippen LogP contribution is -2.56. The van der Waals surface area contributed by atoms with E-state index in [2.05, 4.69) is 17.4 Å². The lowest BCUT2D eigenvalue weighted by Gasteiger charge is -2.31. The van der Waals surface area contributed by atoms with Crippen molar-refractivity contribution in [2.45, 2.75) is 62.9 Å². The fourth-order valence-electron chi connectivity index (χ4n) is 3.74. The molecule has 3 heteroatoms. The number of carbonyl (C=O) groups is 1. The van der Waals surface area contributed by atoms with Crippen LogP contribution in [0.25, 0.3) is 0 Å². The minimum absolute atomic E-state index is 0.364. The van der Waals surface area contributed by atoms with Crippen molar-refractivity contribution in [3.8, 4) is 0 Å². The summed E-state index contributed by atoms with van der Waals surface area (Å²) in [5, 5.41) is 13.3. The number of hydrogen-bond acceptors (Lipinski definition) is 2. The highest BCUT2D eigenvalue weighted by molar-refractivity contribution is 5.81. The Labute approximate surface area is 120 Å². The summed E-state index contributed by atoms with van der Waals surface area (Å²) in [5.41, 5.74) is 1.60. The van der Waals surface area contributed by atoms with Gasteiger partial charge in [-0.25, -0.2) is 0 Å². The summed E-state index contributed by atoms with van der Waals surface area (Å²) in [4.78, 5) is 11.9. The molecule has 1 aromatic rings. The summed E-state index contributed by atoms with van der Waals surface area (Å²) < 4.78 is 0. The molecule has 0 unspecified atom stereocenters. The molecule has 0 saturated heterocycles. The van der Waals surface area contributed by atoms with Gasteiger partial charge >= 0.3 is 5.97 Å². The topological polar surface area (TPSA) is 49.3 Å². The molecule has 1 fully saturated rings. The van der Waals surface area contributed by atoms with E-state index in [0.717, 1.165) is 12.8 Å². The maximum atomic E-state index is 11.9. The first-order valence-electron chi connectivity index (χ1n) is 7.77. The van der Waals surface area contributed by atoms with Gasteiger partial charge in [-0.1, -0.05) is 49.9 Å². The lowest BCUT2D eigenvalue weighted by molar-refractivity contribution is -0.145. The molecule has 1 saturated carbocycles. The first-order chi connectivity index (χ1) is 9.70. The quantitative estimate of drug-likeness (QED) is 0.833. The van der Waals surface area contributed by atoms with Crippen LogP contribution < -0.4 is 5.32 Å². The van der Waals surface area contributed by atoms with Gasteiger partial charge in [0.25, 0.3) is 0 Å². The number of aliphatic carboxylic acids is 1. The molecule has 2 aliphatic rings. The molecule has 3 rings (SSSR count).